The van der Waals surface area contributed by atoms with Crippen LogP contribution < -0.4 is 10.6 Å². The molecule has 1 aromatic heterocycles. The van der Waals surface area contributed by atoms with Gasteiger partial charge in [-0.3, -0.25) is 0 Å². The molecule has 0 amide bonds. The predicted molar refractivity (Wildman–Crippen MR) is 64.5 cm³/mol. The lowest BCUT2D eigenvalue weighted by atomic mass is 9.80. The second-order valence-corrected chi connectivity index (χ2v) is 4.58. The molecule has 0 aliphatic carbocycles. The van der Waals surface area contributed by atoms with E-state index in [9.17, 15) is 10.2 Å². The number of aliphatic hydroxyl groups excluding tert-OH is 2. The highest BCUT2D eigenvalue weighted by molar-refractivity contribution is 5.41. The van der Waals surface area contributed by atoms with E-state index < -0.39 is 0 Å². The Morgan fingerprint density at radius 3 is 2.47 bits per heavy atom. The molecule has 0 saturated carbocycles. The van der Waals surface area contributed by atoms with Crippen molar-refractivity contribution in [3.05, 3.63) is 12.3 Å². The van der Waals surface area contributed by atoms with Gasteiger partial charge in [-0.25, -0.2) is 4.98 Å². The minimum atomic E-state index is -0.338. The highest BCUT2D eigenvalue weighted by Crippen LogP contribution is 2.31. The van der Waals surface area contributed by atoms with Crippen LogP contribution in [0, 0.1) is 5.41 Å². The molecule has 1 fully saturated rings. The SMILES string of the molecule is Nc1nccc(N2CCC(CO)(CO)CC2)n1. The van der Waals surface area contributed by atoms with Gasteiger partial charge in [0.15, 0.2) is 0 Å². The summed E-state index contributed by atoms with van der Waals surface area (Å²) in [6.07, 6.45) is 3.14. The van der Waals surface area contributed by atoms with Crippen molar-refractivity contribution >= 4 is 11.8 Å². The summed E-state index contributed by atoms with van der Waals surface area (Å²) in [5.41, 5.74) is 5.20. The quantitative estimate of drug-likeness (QED) is 0.665. The summed E-state index contributed by atoms with van der Waals surface area (Å²) in [5.74, 6) is 1.07. The summed E-state index contributed by atoms with van der Waals surface area (Å²) < 4.78 is 0. The molecule has 0 bridgehead atoms. The van der Waals surface area contributed by atoms with Gasteiger partial charge < -0.3 is 20.8 Å². The first-order valence-corrected chi connectivity index (χ1v) is 5.74. The molecule has 6 nitrogen and oxygen atoms in total. The van der Waals surface area contributed by atoms with Crippen LogP contribution in [0.4, 0.5) is 11.8 Å². The molecule has 4 N–H and O–H groups in total. The van der Waals surface area contributed by atoms with Crippen LogP contribution in [-0.2, 0) is 0 Å². The molecule has 1 aromatic rings. The van der Waals surface area contributed by atoms with Crippen molar-refractivity contribution in [1.29, 1.82) is 0 Å². The van der Waals surface area contributed by atoms with Crippen molar-refractivity contribution in [3.8, 4) is 0 Å². The van der Waals surface area contributed by atoms with Gasteiger partial charge in [-0.2, -0.15) is 4.98 Å². The van der Waals surface area contributed by atoms with Gasteiger partial charge in [0, 0.05) is 24.7 Å². The van der Waals surface area contributed by atoms with Gasteiger partial charge in [0.25, 0.3) is 0 Å². The van der Waals surface area contributed by atoms with E-state index in [4.69, 9.17) is 5.73 Å². The molecule has 2 rings (SSSR count). The summed E-state index contributed by atoms with van der Waals surface area (Å²) in [6, 6.07) is 1.82. The zero-order valence-corrected chi connectivity index (χ0v) is 9.71. The van der Waals surface area contributed by atoms with E-state index in [-0.39, 0.29) is 24.6 Å². The molecule has 0 unspecified atom stereocenters. The zero-order chi connectivity index (χ0) is 12.3. The van der Waals surface area contributed by atoms with Crippen LogP contribution in [0.2, 0.25) is 0 Å². The van der Waals surface area contributed by atoms with Crippen LogP contribution >= 0.6 is 0 Å². The lowest BCUT2D eigenvalue weighted by Gasteiger charge is -2.39. The molecular weight excluding hydrogens is 220 g/mol. The summed E-state index contributed by atoms with van der Waals surface area (Å²) in [4.78, 5) is 10.1. The Hall–Kier alpha value is -1.40. The van der Waals surface area contributed by atoms with Gasteiger partial charge in [0.05, 0.1) is 13.2 Å². The Balaban J connectivity index is 2.04. The number of anilines is 2. The monoisotopic (exact) mass is 238 g/mol. The molecule has 1 saturated heterocycles. The van der Waals surface area contributed by atoms with Crippen molar-refractivity contribution < 1.29 is 10.2 Å². The van der Waals surface area contributed by atoms with Gasteiger partial charge in [-0.15, -0.1) is 0 Å². The van der Waals surface area contributed by atoms with Gasteiger partial charge >= 0.3 is 0 Å². The fourth-order valence-corrected chi connectivity index (χ4v) is 2.12. The van der Waals surface area contributed by atoms with Crippen LogP contribution in [0.1, 0.15) is 12.8 Å². The smallest absolute Gasteiger partial charge is 0.221 e. The Kier molecular flexibility index (Phi) is 3.44. The maximum atomic E-state index is 9.32. The number of nitrogens with zero attached hydrogens (tertiary/aromatic N) is 3. The highest BCUT2D eigenvalue weighted by atomic mass is 16.3. The maximum absolute atomic E-state index is 9.32. The van der Waals surface area contributed by atoms with E-state index in [1.165, 1.54) is 0 Å². The lowest BCUT2D eigenvalue weighted by Crippen LogP contribution is -2.44. The van der Waals surface area contributed by atoms with Gasteiger partial charge in [-0.05, 0) is 18.9 Å². The topological polar surface area (TPSA) is 95.5 Å². The first-order valence-electron chi connectivity index (χ1n) is 5.74. The third kappa shape index (κ3) is 2.48. The van der Waals surface area contributed by atoms with Crippen molar-refractivity contribution in [1.82, 2.24) is 9.97 Å². The number of hydrogen-bond donors (Lipinski definition) is 3. The second kappa shape index (κ2) is 4.85. The minimum Gasteiger partial charge on any atom is -0.396 e. The van der Waals surface area contributed by atoms with Gasteiger partial charge in [0.2, 0.25) is 5.95 Å². The molecule has 1 aliphatic rings. The first kappa shape index (κ1) is 12.1. The third-order valence-corrected chi connectivity index (χ3v) is 3.48. The summed E-state index contributed by atoms with van der Waals surface area (Å²) in [5, 5.41) is 18.6. The number of hydrogen-bond acceptors (Lipinski definition) is 6. The second-order valence-electron chi connectivity index (χ2n) is 4.58. The van der Waals surface area contributed by atoms with Crippen molar-refractivity contribution in [3.63, 3.8) is 0 Å². The van der Waals surface area contributed by atoms with Crippen molar-refractivity contribution in [2.45, 2.75) is 12.8 Å². The number of nitrogens with two attached hydrogens (primary N) is 1. The summed E-state index contributed by atoms with van der Waals surface area (Å²) >= 11 is 0. The normalized spacial score (nSPS) is 19.3. The molecule has 0 radical (unpaired) electrons. The molecule has 0 atom stereocenters. The van der Waals surface area contributed by atoms with Crippen LogP contribution in [0.15, 0.2) is 12.3 Å². The van der Waals surface area contributed by atoms with E-state index in [1.807, 2.05) is 6.07 Å². The van der Waals surface area contributed by atoms with Crippen LogP contribution in [-0.4, -0.2) is 46.5 Å². The standard InChI is InChI=1S/C11H18N4O2/c12-10-13-4-1-9(14-10)15-5-2-11(7-16,8-17)3-6-15/h1,4,16-17H,2-3,5-8H2,(H2,12,13,14). The highest BCUT2D eigenvalue weighted by Gasteiger charge is 2.33. The maximum Gasteiger partial charge on any atom is 0.221 e. The largest absolute Gasteiger partial charge is 0.396 e. The first-order chi connectivity index (χ1) is 8.19. The minimum absolute atomic E-state index is 0.0310. The van der Waals surface area contributed by atoms with E-state index in [0.29, 0.717) is 0 Å². The average molecular weight is 238 g/mol. The molecule has 1 aliphatic heterocycles. The predicted octanol–water partition coefficient (Wildman–Crippen LogP) is -0.370. The van der Waals surface area contributed by atoms with E-state index in [2.05, 4.69) is 14.9 Å². The lowest BCUT2D eigenvalue weighted by molar-refractivity contribution is 0.0340. The third-order valence-electron chi connectivity index (χ3n) is 3.48. The molecular formula is C11H18N4O2. The molecule has 6 heteroatoms. The van der Waals surface area contributed by atoms with E-state index in [0.717, 1.165) is 31.7 Å². The molecule has 17 heavy (non-hydrogen) atoms. The van der Waals surface area contributed by atoms with Gasteiger partial charge in [0.1, 0.15) is 5.82 Å². The Bertz CT molecular complexity index is 371. The Morgan fingerprint density at radius 1 is 1.29 bits per heavy atom. The van der Waals surface area contributed by atoms with E-state index in [1.54, 1.807) is 6.20 Å². The fraction of sp³-hybridized carbons (Fsp3) is 0.636. The number of aliphatic hydroxyl groups is 2. The Morgan fingerprint density at radius 2 is 1.94 bits per heavy atom. The van der Waals surface area contributed by atoms with Crippen LogP contribution in [0.25, 0.3) is 0 Å². The fourth-order valence-electron chi connectivity index (χ4n) is 2.12. The molecule has 0 aromatic carbocycles. The number of rotatable bonds is 3. The van der Waals surface area contributed by atoms with Crippen molar-refractivity contribution in [2.75, 3.05) is 36.9 Å². The zero-order valence-electron chi connectivity index (χ0n) is 9.71. The van der Waals surface area contributed by atoms with Crippen molar-refractivity contribution in [2.24, 2.45) is 5.41 Å². The summed E-state index contributed by atoms with van der Waals surface area (Å²) in [6.45, 7) is 1.58. The van der Waals surface area contributed by atoms with Gasteiger partial charge in [-0.1, -0.05) is 0 Å². The number of nitrogen functional groups attached to an aromatic ring is 1. The van der Waals surface area contributed by atoms with Crippen LogP contribution in [0.3, 0.4) is 0 Å². The molecule has 94 valence electrons. The number of aromatic nitrogens is 2. The van der Waals surface area contributed by atoms with E-state index >= 15 is 0 Å². The average Bonchev–Trinajstić information content (AvgIpc) is 2.39. The molecule has 2 heterocycles. The van der Waals surface area contributed by atoms with Crippen LogP contribution in [0.5, 0.6) is 0 Å². The summed E-state index contributed by atoms with van der Waals surface area (Å²) in [7, 11) is 0. The molecule has 0 spiro atoms. The Labute approximate surface area is 100 Å². The number of piperidine rings is 1.